The first-order chi connectivity index (χ1) is 15.0. The minimum atomic E-state index is -0.0831. The highest BCUT2D eigenvalue weighted by Crippen LogP contribution is 2.30. The van der Waals surface area contributed by atoms with E-state index in [0.717, 1.165) is 47.4 Å². The summed E-state index contributed by atoms with van der Waals surface area (Å²) in [5.74, 6) is 2.21. The number of piperidine rings is 1. The Hall–Kier alpha value is -3.29. The summed E-state index contributed by atoms with van der Waals surface area (Å²) in [6.07, 6.45) is 3.64. The van der Waals surface area contributed by atoms with Gasteiger partial charge in [-0.05, 0) is 43.5 Å². The molecule has 1 saturated heterocycles. The van der Waals surface area contributed by atoms with Gasteiger partial charge in [0.1, 0.15) is 5.52 Å². The van der Waals surface area contributed by atoms with E-state index in [1.165, 1.54) is 0 Å². The van der Waals surface area contributed by atoms with E-state index in [1.54, 1.807) is 14.2 Å². The molecule has 3 heterocycles. The Labute approximate surface area is 182 Å². The van der Waals surface area contributed by atoms with E-state index in [9.17, 15) is 4.79 Å². The van der Waals surface area contributed by atoms with E-state index < -0.39 is 0 Å². The van der Waals surface area contributed by atoms with Crippen LogP contribution in [0.15, 0.2) is 30.5 Å². The van der Waals surface area contributed by atoms with Crippen LogP contribution in [0.5, 0.6) is 11.5 Å². The molecule has 1 aliphatic rings. The Kier molecular flexibility index (Phi) is 5.97. The SMILES string of the molecule is COc1ccc(CNC(=O)C2CCCN(c3nccc4c(C)nn(C)c34)C2)cc1OC. The van der Waals surface area contributed by atoms with Crippen LogP contribution < -0.4 is 19.7 Å². The van der Waals surface area contributed by atoms with Crippen LogP contribution in [0.4, 0.5) is 5.82 Å². The number of carbonyl (C=O) groups excluding carboxylic acids is 1. The number of aromatic nitrogens is 3. The Balaban J connectivity index is 1.45. The van der Waals surface area contributed by atoms with Crippen molar-refractivity contribution in [1.82, 2.24) is 20.1 Å². The lowest BCUT2D eigenvalue weighted by Gasteiger charge is -2.33. The van der Waals surface area contributed by atoms with Crippen molar-refractivity contribution in [3.8, 4) is 11.5 Å². The maximum absolute atomic E-state index is 12.9. The number of aryl methyl sites for hydroxylation is 2. The standard InChI is InChI=1S/C23H29N5O3/c1-15-18-9-10-24-22(21(18)27(2)26-15)28-11-5-6-17(14-28)23(29)25-13-16-7-8-19(30-3)20(12-16)31-4/h7-10,12,17H,5-6,11,13-14H2,1-4H3,(H,25,29). The van der Waals surface area contributed by atoms with Crippen LogP contribution in [0, 0.1) is 12.8 Å². The van der Waals surface area contributed by atoms with Crippen molar-refractivity contribution in [2.75, 3.05) is 32.2 Å². The first kappa shape index (κ1) is 21.0. The number of carbonyl (C=O) groups is 1. The highest BCUT2D eigenvalue weighted by atomic mass is 16.5. The molecule has 0 saturated carbocycles. The maximum Gasteiger partial charge on any atom is 0.225 e. The van der Waals surface area contributed by atoms with Gasteiger partial charge in [0, 0.05) is 38.3 Å². The van der Waals surface area contributed by atoms with Crippen molar-refractivity contribution in [3.63, 3.8) is 0 Å². The largest absolute Gasteiger partial charge is 0.493 e. The molecule has 0 bridgehead atoms. The quantitative estimate of drug-likeness (QED) is 0.657. The van der Waals surface area contributed by atoms with Gasteiger partial charge in [0.15, 0.2) is 17.3 Å². The second kappa shape index (κ2) is 8.83. The summed E-state index contributed by atoms with van der Waals surface area (Å²) in [7, 11) is 5.16. The van der Waals surface area contributed by atoms with Gasteiger partial charge in [-0.15, -0.1) is 0 Å². The third-order valence-corrected chi connectivity index (χ3v) is 5.92. The average Bonchev–Trinajstić information content (AvgIpc) is 3.10. The van der Waals surface area contributed by atoms with Gasteiger partial charge >= 0.3 is 0 Å². The van der Waals surface area contributed by atoms with Crippen LogP contribution in [0.2, 0.25) is 0 Å². The second-order valence-electron chi connectivity index (χ2n) is 7.93. The summed E-state index contributed by atoms with van der Waals surface area (Å²) in [5.41, 5.74) is 2.98. The molecule has 1 amide bonds. The zero-order valence-electron chi connectivity index (χ0n) is 18.5. The fraction of sp³-hybridized carbons (Fsp3) is 0.435. The number of ether oxygens (including phenoxy) is 2. The van der Waals surface area contributed by atoms with Gasteiger partial charge in [0.25, 0.3) is 0 Å². The Morgan fingerprint density at radius 2 is 2.03 bits per heavy atom. The van der Waals surface area contributed by atoms with E-state index >= 15 is 0 Å². The van der Waals surface area contributed by atoms with Crippen LogP contribution >= 0.6 is 0 Å². The fourth-order valence-corrected chi connectivity index (χ4v) is 4.32. The van der Waals surface area contributed by atoms with Crippen LogP contribution in [-0.2, 0) is 18.4 Å². The molecule has 0 aliphatic carbocycles. The first-order valence-electron chi connectivity index (χ1n) is 10.5. The molecule has 0 radical (unpaired) electrons. The number of hydrogen-bond donors (Lipinski definition) is 1. The number of nitrogens with zero attached hydrogens (tertiary/aromatic N) is 4. The third kappa shape index (κ3) is 4.15. The number of hydrogen-bond acceptors (Lipinski definition) is 6. The molecule has 1 aromatic carbocycles. The molecular formula is C23H29N5O3. The Morgan fingerprint density at radius 3 is 2.81 bits per heavy atom. The summed E-state index contributed by atoms with van der Waals surface area (Å²) in [6, 6.07) is 7.68. The number of fused-ring (bicyclic) bond motifs is 1. The fourth-order valence-electron chi connectivity index (χ4n) is 4.32. The van der Waals surface area contributed by atoms with Gasteiger partial charge in [0.05, 0.1) is 25.8 Å². The number of benzene rings is 1. The monoisotopic (exact) mass is 423 g/mol. The van der Waals surface area contributed by atoms with E-state index in [-0.39, 0.29) is 11.8 Å². The van der Waals surface area contributed by atoms with Crippen molar-refractivity contribution in [2.24, 2.45) is 13.0 Å². The summed E-state index contributed by atoms with van der Waals surface area (Å²) in [5, 5.41) is 8.73. The molecule has 1 atom stereocenters. The van der Waals surface area contributed by atoms with Gasteiger partial charge in [-0.3, -0.25) is 9.48 Å². The summed E-state index contributed by atoms with van der Waals surface area (Å²) >= 11 is 0. The lowest BCUT2D eigenvalue weighted by atomic mass is 9.96. The summed E-state index contributed by atoms with van der Waals surface area (Å²) in [6.45, 7) is 3.99. The lowest BCUT2D eigenvalue weighted by Crippen LogP contribution is -2.43. The number of amides is 1. The summed E-state index contributed by atoms with van der Waals surface area (Å²) < 4.78 is 12.5. The number of pyridine rings is 1. The normalized spacial score (nSPS) is 16.4. The number of nitrogens with one attached hydrogen (secondary N) is 1. The van der Waals surface area contributed by atoms with E-state index in [4.69, 9.17) is 9.47 Å². The zero-order chi connectivity index (χ0) is 22.0. The Bertz CT molecular complexity index is 1090. The van der Waals surface area contributed by atoms with Crippen molar-refractivity contribution in [2.45, 2.75) is 26.3 Å². The average molecular weight is 424 g/mol. The molecule has 1 fully saturated rings. The van der Waals surface area contributed by atoms with Crippen molar-refractivity contribution in [1.29, 1.82) is 0 Å². The molecule has 8 heteroatoms. The molecule has 1 aliphatic heterocycles. The van der Waals surface area contributed by atoms with Gasteiger partial charge in [-0.25, -0.2) is 4.98 Å². The summed E-state index contributed by atoms with van der Waals surface area (Å²) in [4.78, 5) is 19.8. The van der Waals surface area contributed by atoms with Gasteiger partial charge in [-0.1, -0.05) is 6.07 Å². The third-order valence-electron chi connectivity index (χ3n) is 5.92. The van der Waals surface area contributed by atoms with E-state index in [0.29, 0.717) is 24.6 Å². The van der Waals surface area contributed by atoms with E-state index in [2.05, 4.69) is 20.3 Å². The number of anilines is 1. The number of rotatable bonds is 6. The van der Waals surface area contributed by atoms with Gasteiger partial charge in [0.2, 0.25) is 5.91 Å². The molecule has 0 spiro atoms. The Morgan fingerprint density at radius 1 is 1.23 bits per heavy atom. The van der Waals surface area contributed by atoms with E-state index in [1.807, 2.05) is 49.1 Å². The van der Waals surface area contributed by atoms with Crippen LogP contribution in [-0.4, -0.2) is 48.0 Å². The molecule has 3 aromatic rings. The highest BCUT2D eigenvalue weighted by molar-refractivity contribution is 5.91. The maximum atomic E-state index is 12.9. The predicted molar refractivity (Wildman–Crippen MR) is 120 cm³/mol. The van der Waals surface area contributed by atoms with Crippen molar-refractivity contribution >= 4 is 22.6 Å². The van der Waals surface area contributed by atoms with Crippen molar-refractivity contribution in [3.05, 3.63) is 41.7 Å². The number of methoxy groups -OCH3 is 2. The smallest absolute Gasteiger partial charge is 0.225 e. The van der Waals surface area contributed by atoms with Gasteiger partial charge < -0.3 is 19.7 Å². The molecule has 164 valence electrons. The molecule has 8 nitrogen and oxygen atoms in total. The van der Waals surface area contributed by atoms with Crippen molar-refractivity contribution < 1.29 is 14.3 Å². The topological polar surface area (TPSA) is 81.5 Å². The molecule has 1 N–H and O–H groups in total. The molecular weight excluding hydrogens is 394 g/mol. The zero-order valence-corrected chi connectivity index (χ0v) is 18.5. The van der Waals surface area contributed by atoms with Crippen LogP contribution in [0.1, 0.15) is 24.1 Å². The molecule has 2 aromatic heterocycles. The minimum absolute atomic E-state index is 0.0628. The molecule has 31 heavy (non-hydrogen) atoms. The molecule has 1 unspecified atom stereocenters. The highest BCUT2D eigenvalue weighted by Gasteiger charge is 2.28. The van der Waals surface area contributed by atoms with Gasteiger partial charge in [-0.2, -0.15) is 5.10 Å². The lowest BCUT2D eigenvalue weighted by molar-refractivity contribution is -0.125. The van der Waals surface area contributed by atoms with Crippen LogP contribution in [0.25, 0.3) is 10.9 Å². The minimum Gasteiger partial charge on any atom is -0.493 e. The van der Waals surface area contributed by atoms with Crippen LogP contribution in [0.3, 0.4) is 0 Å². The predicted octanol–water partition coefficient (Wildman–Crippen LogP) is 2.83. The second-order valence-corrected chi connectivity index (χ2v) is 7.93. The first-order valence-corrected chi connectivity index (χ1v) is 10.5. The molecule has 4 rings (SSSR count).